The summed E-state index contributed by atoms with van der Waals surface area (Å²) in [6, 6.07) is 7.25. The van der Waals surface area contributed by atoms with Crippen LogP contribution in [0.15, 0.2) is 46.7 Å². The van der Waals surface area contributed by atoms with Crippen molar-refractivity contribution in [1.29, 1.82) is 0 Å². The second-order valence-electron chi connectivity index (χ2n) is 4.30. The van der Waals surface area contributed by atoms with Crippen LogP contribution < -0.4 is 10.6 Å². The Morgan fingerprint density at radius 1 is 0.818 bits per heavy atom. The lowest BCUT2D eigenvalue weighted by molar-refractivity contribution is -0.115. The van der Waals surface area contributed by atoms with E-state index in [1.54, 1.807) is 24.5 Å². The summed E-state index contributed by atoms with van der Waals surface area (Å²) in [5.41, 5.74) is 1.33. The van der Waals surface area contributed by atoms with Gasteiger partial charge >= 0.3 is 0 Å². The Kier molecular flexibility index (Phi) is 5.79. The Balaban J connectivity index is 1.89. The number of amides is 2. The van der Waals surface area contributed by atoms with Crippen LogP contribution in [0.2, 0.25) is 0 Å². The molecule has 0 unspecified atom stereocenters. The molecule has 0 aliphatic rings. The third-order valence-electron chi connectivity index (χ3n) is 2.33. The summed E-state index contributed by atoms with van der Waals surface area (Å²) in [7, 11) is 2.93. The summed E-state index contributed by atoms with van der Waals surface area (Å²) in [4.78, 5) is 30.3. The molecule has 2 aromatic rings. The van der Waals surface area contributed by atoms with Gasteiger partial charge < -0.3 is 10.6 Å². The normalized spacial score (nSPS) is 10.1. The maximum Gasteiger partial charge on any atom is 0.221 e. The van der Waals surface area contributed by atoms with E-state index >= 15 is 0 Å². The molecule has 0 aliphatic carbocycles. The maximum absolute atomic E-state index is 10.9. The zero-order valence-corrected chi connectivity index (χ0v) is 13.6. The minimum atomic E-state index is -0.125. The van der Waals surface area contributed by atoms with Gasteiger partial charge in [0, 0.05) is 13.8 Å². The van der Waals surface area contributed by atoms with Crippen molar-refractivity contribution in [2.75, 3.05) is 10.6 Å². The van der Waals surface area contributed by atoms with Gasteiger partial charge in [0.05, 0.1) is 23.8 Å². The van der Waals surface area contributed by atoms with E-state index in [0.29, 0.717) is 11.4 Å². The highest BCUT2D eigenvalue weighted by Crippen LogP contribution is 2.35. The molecular weight excluding hydrogens is 320 g/mol. The molecule has 2 aromatic heterocycles. The van der Waals surface area contributed by atoms with Gasteiger partial charge in [0.1, 0.15) is 10.1 Å². The van der Waals surface area contributed by atoms with Gasteiger partial charge in [-0.05, 0) is 45.9 Å². The van der Waals surface area contributed by atoms with Gasteiger partial charge in [-0.2, -0.15) is 0 Å². The number of aromatic nitrogens is 2. The van der Waals surface area contributed by atoms with E-state index in [9.17, 15) is 9.59 Å². The van der Waals surface area contributed by atoms with Crippen molar-refractivity contribution in [3.63, 3.8) is 0 Å². The second kappa shape index (κ2) is 7.81. The Hall–Kier alpha value is -2.06. The molecule has 0 fully saturated rings. The fourth-order valence-corrected chi connectivity index (χ4v) is 3.21. The van der Waals surface area contributed by atoms with E-state index in [0.717, 1.165) is 10.1 Å². The molecule has 0 spiro atoms. The average Bonchev–Trinajstić information content (AvgIpc) is 2.47. The van der Waals surface area contributed by atoms with Crippen LogP contribution >= 0.6 is 21.6 Å². The maximum atomic E-state index is 10.9. The van der Waals surface area contributed by atoms with E-state index in [1.807, 2.05) is 12.1 Å². The molecule has 0 radical (unpaired) electrons. The molecule has 0 saturated heterocycles. The average molecular weight is 334 g/mol. The van der Waals surface area contributed by atoms with Crippen LogP contribution in [-0.4, -0.2) is 21.8 Å². The number of nitrogens with one attached hydrogen (secondary N) is 2. The Labute approximate surface area is 135 Å². The third kappa shape index (κ3) is 5.38. The predicted molar refractivity (Wildman–Crippen MR) is 88.8 cm³/mol. The number of nitrogens with zero attached hydrogens (tertiary/aromatic N) is 2. The molecule has 2 N–H and O–H groups in total. The fraction of sp³-hybridized carbons (Fsp3) is 0.143. The SMILES string of the molecule is CC(=O)Nc1ccc(SSc2ccc(NC(C)=O)cn2)nc1. The molecule has 0 saturated carbocycles. The topological polar surface area (TPSA) is 84.0 Å². The van der Waals surface area contributed by atoms with Crippen LogP contribution in [0.3, 0.4) is 0 Å². The first-order valence-electron chi connectivity index (χ1n) is 6.35. The number of carbonyl (C=O) groups excluding carboxylic acids is 2. The van der Waals surface area contributed by atoms with E-state index in [4.69, 9.17) is 0 Å². The van der Waals surface area contributed by atoms with Crippen LogP contribution in [0, 0.1) is 0 Å². The summed E-state index contributed by atoms with van der Waals surface area (Å²) in [5.74, 6) is -0.250. The Morgan fingerprint density at radius 2 is 1.23 bits per heavy atom. The summed E-state index contributed by atoms with van der Waals surface area (Å²) in [6.45, 7) is 2.91. The predicted octanol–water partition coefficient (Wildman–Crippen LogP) is 3.19. The highest BCUT2D eigenvalue weighted by molar-refractivity contribution is 8.76. The summed E-state index contributed by atoms with van der Waals surface area (Å²) < 4.78 is 0. The molecule has 6 nitrogen and oxygen atoms in total. The van der Waals surface area contributed by atoms with Crippen LogP contribution in [0.4, 0.5) is 11.4 Å². The first kappa shape index (κ1) is 16.3. The monoisotopic (exact) mass is 334 g/mol. The van der Waals surface area contributed by atoms with Crippen molar-refractivity contribution in [3.8, 4) is 0 Å². The lowest BCUT2D eigenvalue weighted by Gasteiger charge is -2.04. The number of carbonyl (C=O) groups is 2. The van der Waals surface area contributed by atoms with E-state index in [1.165, 1.54) is 35.4 Å². The van der Waals surface area contributed by atoms with Crippen LogP contribution in [0.5, 0.6) is 0 Å². The van der Waals surface area contributed by atoms with Crippen LogP contribution in [0.1, 0.15) is 13.8 Å². The van der Waals surface area contributed by atoms with Gasteiger partial charge in [-0.3, -0.25) is 9.59 Å². The number of hydrogen-bond donors (Lipinski definition) is 2. The molecule has 2 rings (SSSR count). The first-order chi connectivity index (χ1) is 10.5. The van der Waals surface area contributed by atoms with Gasteiger partial charge in [-0.15, -0.1) is 0 Å². The third-order valence-corrected chi connectivity index (χ3v) is 4.51. The lowest BCUT2D eigenvalue weighted by Crippen LogP contribution is -2.05. The van der Waals surface area contributed by atoms with Crippen LogP contribution in [0.25, 0.3) is 0 Å². The van der Waals surface area contributed by atoms with Gasteiger partial charge in [0.2, 0.25) is 11.8 Å². The smallest absolute Gasteiger partial charge is 0.221 e. The summed E-state index contributed by atoms with van der Waals surface area (Å²) in [5, 5.41) is 6.95. The molecule has 0 bridgehead atoms. The minimum absolute atomic E-state index is 0.125. The number of pyridine rings is 2. The fourth-order valence-electron chi connectivity index (χ4n) is 1.50. The Morgan fingerprint density at radius 3 is 1.50 bits per heavy atom. The van der Waals surface area contributed by atoms with Crippen molar-refractivity contribution in [1.82, 2.24) is 9.97 Å². The van der Waals surface area contributed by atoms with Crippen molar-refractivity contribution in [2.45, 2.75) is 23.9 Å². The van der Waals surface area contributed by atoms with Gasteiger partial charge in [-0.1, -0.05) is 0 Å². The van der Waals surface area contributed by atoms with E-state index in [-0.39, 0.29) is 11.8 Å². The van der Waals surface area contributed by atoms with Crippen LogP contribution in [-0.2, 0) is 9.59 Å². The highest BCUT2D eigenvalue weighted by Gasteiger charge is 2.02. The number of anilines is 2. The zero-order chi connectivity index (χ0) is 15.9. The molecule has 0 atom stereocenters. The van der Waals surface area contributed by atoms with Crippen molar-refractivity contribution < 1.29 is 9.59 Å². The number of rotatable bonds is 5. The molecule has 2 heterocycles. The van der Waals surface area contributed by atoms with Gasteiger partial charge in [0.15, 0.2) is 0 Å². The highest BCUT2D eigenvalue weighted by atomic mass is 33.1. The summed E-state index contributed by atoms with van der Waals surface area (Å²) >= 11 is 0. The second-order valence-corrected chi connectivity index (χ2v) is 6.47. The molecule has 0 aliphatic heterocycles. The molecular formula is C14H14N4O2S2. The van der Waals surface area contributed by atoms with Crippen molar-refractivity contribution >= 4 is 44.8 Å². The van der Waals surface area contributed by atoms with Gasteiger partial charge in [0.25, 0.3) is 0 Å². The lowest BCUT2D eigenvalue weighted by atomic mass is 10.4. The largest absolute Gasteiger partial charge is 0.325 e. The Bertz CT molecular complexity index is 600. The zero-order valence-electron chi connectivity index (χ0n) is 12.0. The minimum Gasteiger partial charge on any atom is -0.325 e. The quantitative estimate of drug-likeness (QED) is 0.817. The molecule has 8 heteroatoms. The van der Waals surface area contributed by atoms with Crippen molar-refractivity contribution in [2.24, 2.45) is 0 Å². The first-order valence-corrected chi connectivity index (χ1v) is 8.50. The molecule has 0 aromatic carbocycles. The van der Waals surface area contributed by atoms with E-state index in [2.05, 4.69) is 20.6 Å². The van der Waals surface area contributed by atoms with Crippen molar-refractivity contribution in [3.05, 3.63) is 36.7 Å². The number of hydrogen-bond acceptors (Lipinski definition) is 6. The summed E-state index contributed by atoms with van der Waals surface area (Å²) in [6.07, 6.45) is 3.22. The molecule has 114 valence electrons. The van der Waals surface area contributed by atoms with Gasteiger partial charge in [-0.25, -0.2) is 9.97 Å². The molecule has 2 amide bonds. The standard InChI is InChI=1S/C14H14N4O2S2/c1-9(19)17-11-3-5-13(15-7-11)21-22-14-6-4-12(8-16-14)18-10(2)20/h3-8H,1-2H3,(H,17,19)(H,18,20). The molecule has 22 heavy (non-hydrogen) atoms. The van der Waals surface area contributed by atoms with E-state index < -0.39 is 0 Å².